The fourth-order valence-corrected chi connectivity index (χ4v) is 14.8. The van der Waals surface area contributed by atoms with E-state index in [1.165, 1.54) is 10.4 Å². The Morgan fingerprint density at radius 3 is 1.74 bits per heavy atom. The molecule has 0 unspecified atom stereocenters. The number of hydrogen-bond donors (Lipinski definition) is 1. The molecule has 0 radical (unpaired) electrons. The van der Waals surface area contributed by atoms with Gasteiger partial charge in [0.15, 0.2) is 6.29 Å². The molecule has 0 aliphatic carbocycles. The molecule has 0 spiro atoms. The average Bonchev–Trinajstić information content (AvgIpc) is 3.68. The Balaban J connectivity index is 1.12. The van der Waals surface area contributed by atoms with Gasteiger partial charge in [-0.05, 0) is 56.7 Å². The summed E-state index contributed by atoms with van der Waals surface area (Å²) >= 11 is 0. The number of fused-ring (bicyclic) bond motifs is 1. The zero-order chi connectivity index (χ0) is 43.0. The second-order valence-corrected chi connectivity index (χ2v) is 23.0. The number of aromatic amines is 1. The molecule has 0 bridgehead atoms. The molecular formula is C52H55NO7SSi. The molecule has 1 aliphatic rings. The lowest BCUT2D eigenvalue weighted by Gasteiger charge is -2.45. The van der Waals surface area contributed by atoms with Crippen molar-refractivity contribution >= 4 is 39.4 Å². The van der Waals surface area contributed by atoms with E-state index < -0.39 is 42.8 Å². The van der Waals surface area contributed by atoms with E-state index in [1.54, 1.807) is 24.3 Å². The minimum atomic E-state index is -3.87. The van der Waals surface area contributed by atoms with Gasteiger partial charge in [-0.1, -0.05) is 178 Å². The van der Waals surface area contributed by atoms with Crippen LogP contribution in [0.15, 0.2) is 186 Å². The van der Waals surface area contributed by atoms with Crippen LogP contribution in [0.4, 0.5) is 0 Å². The highest BCUT2D eigenvalue weighted by Crippen LogP contribution is 2.38. The van der Waals surface area contributed by atoms with Crippen LogP contribution in [0.25, 0.3) is 10.9 Å². The second kappa shape index (κ2) is 19.5. The first-order chi connectivity index (χ1) is 30.1. The highest BCUT2D eigenvalue weighted by Gasteiger charge is 2.51. The van der Waals surface area contributed by atoms with E-state index >= 15 is 0 Å². The Bertz CT molecular complexity index is 2550. The van der Waals surface area contributed by atoms with Gasteiger partial charge in [0.25, 0.3) is 8.32 Å². The number of ether oxygens (including phenoxy) is 4. The zero-order valence-corrected chi connectivity index (χ0v) is 37.4. The van der Waals surface area contributed by atoms with E-state index in [1.807, 2.05) is 91.0 Å². The van der Waals surface area contributed by atoms with Gasteiger partial charge in [0, 0.05) is 17.3 Å². The third-order valence-electron chi connectivity index (χ3n) is 11.7. The predicted molar refractivity (Wildman–Crippen MR) is 247 cm³/mol. The van der Waals surface area contributed by atoms with Crippen molar-refractivity contribution in [3.05, 3.63) is 193 Å². The molecule has 1 fully saturated rings. The number of rotatable bonds is 17. The first-order valence-corrected chi connectivity index (χ1v) is 24.8. The molecule has 0 saturated carbocycles. The first-order valence-electron chi connectivity index (χ1n) is 21.4. The number of sulfone groups is 1. The summed E-state index contributed by atoms with van der Waals surface area (Å²) in [4.78, 5) is 3.45. The summed E-state index contributed by atoms with van der Waals surface area (Å²) in [5, 5.41) is 3.12. The largest absolute Gasteiger partial charge is 0.405 e. The van der Waals surface area contributed by atoms with E-state index in [0.29, 0.717) is 38.2 Å². The highest BCUT2D eigenvalue weighted by molar-refractivity contribution is 7.91. The van der Waals surface area contributed by atoms with Crippen LogP contribution in [0.1, 0.15) is 43.9 Å². The Morgan fingerprint density at radius 2 is 1.16 bits per heavy atom. The van der Waals surface area contributed by atoms with Crippen LogP contribution in [0.2, 0.25) is 5.04 Å². The van der Waals surface area contributed by atoms with Crippen molar-refractivity contribution in [2.45, 2.75) is 86.4 Å². The molecule has 1 aromatic heterocycles. The summed E-state index contributed by atoms with van der Waals surface area (Å²) in [5.74, 6) is 0. The molecular weight excluding hydrogens is 811 g/mol. The third kappa shape index (κ3) is 9.57. The van der Waals surface area contributed by atoms with Gasteiger partial charge in [0.1, 0.15) is 11.1 Å². The van der Waals surface area contributed by atoms with Gasteiger partial charge in [-0.3, -0.25) is 0 Å². The molecule has 0 amide bonds. The van der Waals surface area contributed by atoms with Crippen molar-refractivity contribution in [3.63, 3.8) is 0 Å². The van der Waals surface area contributed by atoms with Gasteiger partial charge in [-0.15, -0.1) is 0 Å². The van der Waals surface area contributed by atoms with Gasteiger partial charge in [-0.2, -0.15) is 0 Å². The van der Waals surface area contributed by atoms with E-state index in [2.05, 4.69) is 86.4 Å². The van der Waals surface area contributed by atoms with Gasteiger partial charge in [0.2, 0.25) is 9.84 Å². The van der Waals surface area contributed by atoms with Crippen molar-refractivity contribution in [2.24, 2.45) is 0 Å². The summed E-state index contributed by atoms with van der Waals surface area (Å²) in [6.07, 6.45) is -1.51. The first kappa shape index (κ1) is 43.5. The predicted octanol–water partition coefficient (Wildman–Crippen LogP) is 9.42. The SMILES string of the molecule is CC(C)(C)[Si](OC[C@@H]1C[C@H](OCc2ccccc2)[C@@H](OCc2ccccc2)[C@@H](OCCc2c(S(=O)(=O)c3ccccc3)[nH]c3ccccc23)O1)(c1ccccc1)c1ccccc1. The van der Waals surface area contributed by atoms with Gasteiger partial charge < -0.3 is 28.4 Å². The van der Waals surface area contributed by atoms with E-state index in [9.17, 15) is 8.42 Å². The number of aromatic nitrogens is 1. The normalized spacial score (nSPS) is 18.5. The van der Waals surface area contributed by atoms with Crippen molar-refractivity contribution < 1.29 is 31.8 Å². The maximum Gasteiger partial charge on any atom is 0.261 e. The molecule has 6 aromatic carbocycles. The van der Waals surface area contributed by atoms with Crippen LogP contribution in [0.3, 0.4) is 0 Å². The van der Waals surface area contributed by atoms with E-state index in [4.69, 9.17) is 23.4 Å². The van der Waals surface area contributed by atoms with Crippen molar-refractivity contribution in [1.82, 2.24) is 4.98 Å². The summed E-state index contributed by atoms with van der Waals surface area (Å²) < 4.78 is 63.0. The van der Waals surface area contributed by atoms with Crippen molar-refractivity contribution in [3.8, 4) is 0 Å². The number of nitrogens with one attached hydrogen (secondary N) is 1. The summed E-state index contributed by atoms with van der Waals surface area (Å²) in [5.41, 5.74) is 3.46. The zero-order valence-electron chi connectivity index (χ0n) is 35.6. The Morgan fingerprint density at radius 1 is 0.645 bits per heavy atom. The number of benzene rings is 6. The number of hydrogen-bond acceptors (Lipinski definition) is 7. The van der Waals surface area contributed by atoms with Crippen LogP contribution in [0.5, 0.6) is 0 Å². The Kier molecular flexibility index (Phi) is 13.7. The average molecular weight is 866 g/mol. The maximum atomic E-state index is 14.1. The third-order valence-corrected chi connectivity index (χ3v) is 18.5. The molecule has 1 saturated heterocycles. The van der Waals surface area contributed by atoms with E-state index in [0.717, 1.165) is 22.0 Å². The molecule has 1 aliphatic heterocycles. The maximum absolute atomic E-state index is 14.1. The summed E-state index contributed by atoms with van der Waals surface area (Å²) in [6.45, 7) is 7.95. The molecule has 8 rings (SSSR count). The second-order valence-electron chi connectivity index (χ2n) is 16.8. The lowest BCUT2D eigenvalue weighted by molar-refractivity contribution is -0.290. The summed E-state index contributed by atoms with van der Waals surface area (Å²) in [7, 11) is -6.79. The molecule has 4 atom stereocenters. The topological polar surface area (TPSA) is 96.1 Å². The van der Waals surface area contributed by atoms with Crippen LogP contribution >= 0.6 is 0 Å². The van der Waals surface area contributed by atoms with Crippen molar-refractivity contribution in [1.29, 1.82) is 0 Å². The monoisotopic (exact) mass is 865 g/mol. The van der Waals surface area contributed by atoms with E-state index in [-0.39, 0.29) is 21.6 Å². The molecule has 1 N–H and O–H groups in total. The molecule has 2 heterocycles. The van der Waals surface area contributed by atoms with Gasteiger partial charge in [0.05, 0.1) is 43.5 Å². The molecule has 10 heteroatoms. The Labute approximate surface area is 366 Å². The van der Waals surface area contributed by atoms with Crippen LogP contribution in [-0.2, 0) is 52.8 Å². The smallest absolute Gasteiger partial charge is 0.261 e. The number of para-hydroxylation sites is 1. The lowest BCUT2D eigenvalue weighted by atomic mass is 10.0. The minimum absolute atomic E-state index is 0.155. The van der Waals surface area contributed by atoms with Crippen LogP contribution < -0.4 is 10.4 Å². The lowest BCUT2D eigenvalue weighted by Crippen LogP contribution is -2.67. The molecule has 62 heavy (non-hydrogen) atoms. The fraction of sp³-hybridized carbons (Fsp3) is 0.269. The standard InChI is InChI=1S/C52H55NO7SSi/c1-52(2,3)62(43-27-15-7-16-28-43,44-29-17-8-18-30-44)59-38-41-35-48(57-36-39-21-9-4-10-22-39)49(58-37-40-23-11-5-12-24-40)51(60-41)56-34-33-46-45-31-19-20-32-47(45)53-50(46)61(54,55)42-25-13-6-14-26-42/h4-32,41,48-49,51,53H,33-38H2,1-3H3/t41-,48-,49+,51-/m0/s1. The van der Waals surface area contributed by atoms with Crippen LogP contribution in [0, 0.1) is 0 Å². The van der Waals surface area contributed by atoms with Crippen LogP contribution in [-0.4, -0.2) is 59.5 Å². The fourth-order valence-electron chi connectivity index (χ4n) is 8.65. The quantitative estimate of drug-likeness (QED) is 0.0912. The molecule has 320 valence electrons. The Hall–Kier alpha value is -5.17. The van der Waals surface area contributed by atoms with Gasteiger partial charge >= 0.3 is 0 Å². The number of H-pyrrole nitrogens is 1. The van der Waals surface area contributed by atoms with Gasteiger partial charge in [-0.25, -0.2) is 8.42 Å². The molecule has 7 aromatic rings. The minimum Gasteiger partial charge on any atom is -0.405 e. The highest BCUT2D eigenvalue weighted by atomic mass is 32.2. The molecule has 8 nitrogen and oxygen atoms in total. The van der Waals surface area contributed by atoms with Crippen molar-refractivity contribution in [2.75, 3.05) is 13.2 Å². The summed E-state index contributed by atoms with van der Waals surface area (Å²) in [6, 6.07) is 57.5.